The number of nitrogens with one attached hydrogen (secondary N) is 1. The average molecular weight is 385 g/mol. The molecule has 2 aromatic rings. The highest BCUT2D eigenvalue weighted by atomic mass is 16.5. The van der Waals surface area contributed by atoms with Gasteiger partial charge in [0.25, 0.3) is 5.91 Å². The van der Waals surface area contributed by atoms with Gasteiger partial charge in [0.15, 0.2) is 6.10 Å². The summed E-state index contributed by atoms with van der Waals surface area (Å²) in [5.41, 5.74) is 0.524. The van der Waals surface area contributed by atoms with Crippen LogP contribution in [0.3, 0.4) is 0 Å². The van der Waals surface area contributed by atoms with E-state index in [4.69, 9.17) is 18.9 Å². The summed E-state index contributed by atoms with van der Waals surface area (Å²) in [7, 11) is 3.21. The van der Waals surface area contributed by atoms with Gasteiger partial charge >= 0.3 is 0 Å². The minimum absolute atomic E-state index is 0.173. The first-order valence-electron chi connectivity index (χ1n) is 9.29. The second-order valence-electron chi connectivity index (χ2n) is 7.47. The van der Waals surface area contributed by atoms with Crippen molar-refractivity contribution in [3.05, 3.63) is 48.0 Å². The van der Waals surface area contributed by atoms with Gasteiger partial charge in [-0.3, -0.25) is 4.79 Å². The SMILES string of the molecule is COc1cccc(O[C@@H](C)C(=O)N[C@H]2CC(C)(C)Oc3cc(OC)ccc32)c1. The predicted molar refractivity (Wildman–Crippen MR) is 106 cm³/mol. The van der Waals surface area contributed by atoms with Crippen molar-refractivity contribution in [1.82, 2.24) is 5.32 Å². The topological polar surface area (TPSA) is 66.0 Å². The predicted octanol–water partition coefficient (Wildman–Crippen LogP) is 3.89. The number of rotatable bonds is 6. The molecule has 150 valence electrons. The molecule has 2 atom stereocenters. The van der Waals surface area contributed by atoms with Crippen molar-refractivity contribution < 1.29 is 23.7 Å². The Kier molecular flexibility index (Phi) is 5.68. The Morgan fingerprint density at radius 2 is 1.79 bits per heavy atom. The molecule has 0 unspecified atom stereocenters. The molecule has 6 heteroatoms. The number of amides is 1. The normalized spacial score (nSPS) is 18.2. The molecule has 2 aromatic carbocycles. The minimum Gasteiger partial charge on any atom is -0.497 e. The van der Waals surface area contributed by atoms with Crippen molar-refractivity contribution in [3.8, 4) is 23.0 Å². The molecule has 1 heterocycles. The first-order valence-corrected chi connectivity index (χ1v) is 9.29. The maximum absolute atomic E-state index is 12.8. The van der Waals surface area contributed by atoms with Crippen LogP contribution < -0.4 is 24.3 Å². The molecule has 1 N–H and O–H groups in total. The van der Waals surface area contributed by atoms with E-state index >= 15 is 0 Å². The zero-order valence-electron chi connectivity index (χ0n) is 16.9. The first kappa shape index (κ1) is 19.9. The van der Waals surface area contributed by atoms with Crippen LogP contribution in [0.5, 0.6) is 23.0 Å². The standard InChI is InChI=1S/C22H27NO5/c1-14(27-17-8-6-7-15(11-17)25-4)21(24)23-19-13-22(2,3)28-20-12-16(26-5)9-10-18(19)20/h6-12,14,19H,13H2,1-5H3,(H,23,24)/t14-,19-/m0/s1. The first-order chi connectivity index (χ1) is 13.3. The molecular weight excluding hydrogens is 358 g/mol. The van der Waals surface area contributed by atoms with Gasteiger partial charge in [0.05, 0.1) is 20.3 Å². The molecule has 0 fully saturated rings. The number of methoxy groups -OCH3 is 2. The monoisotopic (exact) mass is 385 g/mol. The van der Waals surface area contributed by atoms with E-state index in [0.29, 0.717) is 17.9 Å². The third-order valence-corrected chi connectivity index (χ3v) is 4.72. The highest BCUT2D eigenvalue weighted by molar-refractivity contribution is 5.81. The summed E-state index contributed by atoms with van der Waals surface area (Å²) in [5.74, 6) is 2.52. The lowest BCUT2D eigenvalue weighted by molar-refractivity contribution is -0.128. The lowest BCUT2D eigenvalue weighted by Crippen LogP contribution is -2.44. The highest BCUT2D eigenvalue weighted by Gasteiger charge is 2.35. The van der Waals surface area contributed by atoms with Crippen LogP contribution in [0, 0.1) is 0 Å². The van der Waals surface area contributed by atoms with Gasteiger partial charge in [-0.05, 0) is 45.0 Å². The zero-order chi connectivity index (χ0) is 20.3. The zero-order valence-corrected chi connectivity index (χ0v) is 16.9. The van der Waals surface area contributed by atoms with Crippen LogP contribution in [-0.4, -0.2) is 31.8 Å². The Bertz CT molecular complexity index is 849. The summed E-state index contributed by atoms with van der Waals surface area (Å²) in [4.78, 5) is 12.8. The second-order valence-corrected chi connectivity index (χ2v) is 7.47. The van der Waals surface area contributed by atoms with Crippen molar-refractivity contribution >= 4 is 5.91 Å². The number of carbonyl (C=O) groups excluding carboxylic acids is 1. The van der Waals surface area contributed by atoms with E-state index in [1.165, 1.54) is 0 Å². The molecule has 0 aromatic heterocycles. The van der Waals surface area contributed by atoms with E-state index in [1.807, 2.05) is 44.2 Å². The van der Waals surface area contributed by atoms with Gasteiger partial charge in [0, 0.05) is 24.1 Å². The number of hydrogen-bond acceptors (Lipinski definition) is 5. The van der Waals surface area contributed by atoms with Gasteiger partial charge in [-0.1, -0.05) is 6.07 Å². The number of carbonyl (C=O) groups is 1. The average Bonchev–Trinajstić information content (AvgIpc) is 2.66. The number of ether oxygens (including phenoxy) is 4. The van der Waals surface area contributed by atoms with Crippen molar-refractivity contribution in [2.24, 2.45) is 0 Å². The summed E-state index contributed by atoms with van der Waals surface area (Å²) < 4.78 is 22.4. The van der Waals surface area contributed by atoms with Crippen LogP contribution in [0.25, 0.3) is 0 Å². The fourth-order valence-electron chi connectivity index (χ4n) is 3.31. The van der Waals surface area contributed by atoms with Crippen LogP contribution in [0.15, 0.2) is 42.5 Å². The van der Waals surface area contributed by atoms with Gasteiger partial charge in [0.2, 0.25) is 0 Å². The molecule has 0 bridgehead atoms. The Morgan fingerprint density at radius 1 is 1.11 bits per heavy atom. The lowest BCUT2D eigenvalue weighted by atomic mass is 9.89. The minimum atomic E-state index is -0.653. The third-order valence-electron chi connectivity index (χ3n) is 4.72. The Labute approximate surface area is 165 Å². The summed E-state index contributed by atoms with van der Waals surface area (Å²) >= 11 is 0. The van der Waals surface area contributed by atoms with Crippen LogP contribution in [-0.2, 0) is 4.79 Å². The van der Waals surface area contributed by atoms with Crippen molar-refractivity contribution in [1.29, 1.82) is 0 Å². The van der Waals surface area contributed by atoms with Crippen LogP contribution in [0.1, 0.15) is 38.8 Å². The Balaban J connectivity index is 1.74. The van der Waals surface area contributed by atoms with E-state index in [1.54, 1.807) is 33.3 Å². The van der Waals surface area contributed by atoms with Gasteiger partial charge in [-0.2, -0.15) is 0 Å². The number of benzene rings is 2. The molecule has 0 aliphatic carbocycles. The molecule has 0 radical (unpaired) electrons. The fourth-order valence-corrected chi connectivity index (χ4v) is 3.31. The summed E-state index contributed by atoms with van der Waals surface area (Å²) in [6, 6.07) is 12.7. The second kappa shape index (κ2) is 8.00. The molecule has 28 heavy (non-hydrogen) atoms. The van der Waals surface area contributed by atoms with Crippen molar-refractivity contribution in [2.45, 2.75) is 44.9 Å². The molecule has 1 amide bonds. The smallest absolute Gasteiger partial charge is 0.261 e. The van der Waals surface area contributed by atoms with E-state index in [2.05, 4.69) is 5.32 Å². The van der Waals surface area contributed by atoms with E-state index < -0.39 is 11.7 Å². The maximum atomic E-state index is 12.8. The maximum Gasteiger partial charge on any atom is 0.261 e. The summed E-state index contributed by atoms with van der Waals surface area (Å²) in [6.07, 6.45) is 0.00370. The Hall–Kier alpha value is -2.89. The fraction of sp³-hybridized carbons (Fsp3) is 0.409. The molecule has 0 spiro atoms. The summed E-state index contributed by atoms with van der Waals surface area (Å²) in [6.45, 7) is 5.74. The molecule has 6 nitrogen and oxygen atoms in total. The van der Waals surface area contributed by atoms with E-state index in [-0.39, 0.29) is 11.9 Å². The Morgan fingerprint density at radius 3 is 2.50 bits per heavy atom. The van der Waals surface area contributed by atoms with E-state index in [9.17, 15) is 4.79 Å². The van der Waals surface area contributed by atoms with E-state index in [0.717, 1.165) is 17.1 Å². The quantitative estimate of drug-likeness (QED) is 0.817. The third kappa shape index (κ3) is 4.50. The highest BCUT2D eigenvalue weighted by Crippen LogP contribution is 2.41. The molecule has 0 saturated carbocycles. The largest absolute Gasteiger partial charge is 0.497 e. The van der Waals surface area contributed by atoms with Gasteiger partial charge in [-0.25, -0.2) is 0 Å². The number of hydrogen-bond donors (Lipinski definition) is 1. The van der Waals surface area contributed by atoms with Gasteiger partial charge in [0.1, 0.15) is 28.6 Å². The van der Waals surface area contributed by atoms with Crippen LogP contribution in [0.2, 0.25) is 0 Å². The molecule has 0 saturated heterocycles. The van der Waals surface area contributed by atoms with Crippen molar-refractivity contribution in [3.63, 3.8) is 0 Å². The van der Waals surface area contributed by atoms with Crippen LogP contribution in [0.4, 0.5) is 0 Å². The molecule has 1 aliphatic rings. The lowest BCUT2D eigenvalue weighted by Gasteiger charge is -2.38. The molecule has 1 aliphatic heterocycles. The number of fused-ring (bicyclic) bond motifs is 1. The van der Waals surface area contributed by atoms with Gasteiger partial charge in [-0.15, -0.1) is 0 Å². The molecule has 3 rings (SSSR count). The van der Waals surface area contributed by atoms with Gasteiger partial charge < -0.3 is 24.3 Å². The molecular formula is C22H27NO5. The van der Waals surface area contributed by atoms with Crippen molar-refractivity contribution in [2.75, 3.05) is 14.2 Å². The summed E-state index contributed by atoms with van der Waals surface area (Å²) in [5, 5.41) is 3.10. The van der Waals surface area contributed by atoms with Crippen LogP contribution >= 0.6 is 0 Å².